The van der Waals surface area contributed by atoms with Crippen LogP contribution in [0.2, 0.25) is 0 Å². The minimum absolute atomic E-state index is 0.0165. The first-order chi connectivity index (χ1) is 8.49. The van der Waals surface area contributed by atoms with E-state index in [1.165, 1.54) is 6.07 Å². The van der Waals surface area contributed by atoms with Crippen molar-refractivity contribution < 1.29 is 23.8 Å². The molecular weight excluding hydrogens is 241 g/mol. The molecule has 0 unspecified atom stereocenters. The fourth-order valence-electron chi connectivity index (χ4n) is 1.12. The van der Waals surface area contributed by atoms with Gasteiger partial charge in [0.05, 0.1) is 13.7 Å². The van der Waals surface area contributed by atoms with Crippen LogP contribution in [0.5, 0.6) is 0 Å². The molecule has 5 nitrogen and oxygen atoms in total. The van der Waals surface area contributed by atoms with Gasteiger partial charge in [-0.25, -0.2) is 14.0 Å². The third-order valence-electron chi connectivity index (χ3n) is 2.02. The maximum absolute atomic E-state index is 13.2. The van der Waals surface area contributed by atoms with Crippen LogP contribution in [0.15, 0.2) is 24.3 Å². The Kier molecular flexibility index (Phi) is 4.16. The highest BCUT2D eigenvalue weighted by Gasteiger charge is 2.13. The number of aliphatic hydroxyl groups is 1. The number of hydrogen-bond acceptors (Lipinski definition) is 4. The number of carbonyl (C=O) groups excluding carboxylic acids is 2. The van der Waals surface area contributed by atoms with Crippen molar-refractivity contribution in [3.05, 3.63) is 47.1 Å². The Morgan fingerprint density at radius 2 is 2.17 bits per heavy atom. The molecule has 1 rings (SSSR count). The van der Waals surface area contributed by atoms with Gasteiger partial charge in [-0.3, -0.25) is 4.79 Å². The Morgan fingerprint density at radius 3 is 2.67 bits per heavy atom. The zero-order valence-corrected chi connectivity index (χ0v) is 9.31. The SMILES string of the molecule is [C-]#[N+]c1ccc(/C(O)=C/C(=O)C(=O)OC)cc1F. The quantitative estimate of drug-likeness (QED) is 0.292. The number of halogens is 1. The minimum atomic E-state index is -1.14. The average molecular weight is 249 g/mol. The van der Waals surface area contributed by atoms with Gasteiger partial charge in [0, 0.05) is 11.6 Å². The highest BCUT2D eigenvalue weighted by atomic mass is 19.1. The van der Waals surface area contributed by atoms with E-state index in [0.29, 0.717) is 6.08 Å². The van der Waals surface area contributed by atoms with Crippen LogP contribution in [-0.4, -0.2) is 24.0 Å². The summed E-state index contributed by atoms with van der Waals surface area (Å²) >= 11 is 0. The van der Waals surface area contributed by atoms with Crippen molar-refractivity contribution in [3.63, 3.8) is 0 Å². The molecule has 0 bridgehead atoms. The smallest absolute Gasteiger partial charge is 0.378 e. The highest BCUT2D eigenvalue weighted by Crippen LogP contribution is 2.21. The second-order valence-corrected chi connectivity index (χ2v) is 3.16. The van der Waals surface area contributed by atoms with Crippen LogP contribution in [0.25, 0.3) is 10.6 Å². The van der Waals surface area contributed by atoms with Gasteiger partial charge in [-0.15, -0.1) is 0 Å². The Labute approximate surface area is 102 Å². The summed E-state index contributed by atoms with van der Waals surface area (Å²) in [6.45, 7) is 6.65. The third kappa shape index (κ3) is 2.92. The van der Waals surface area contributed by atoms with E-state index in [-0.39, 0.29) is 11.3 Å². The number of rotatable bonds is 3. The average Bonchev–Trinajstić information content (AvgIpc) is 2.37. The number of aliphatic hydroxyl groups excluding tert-OH is 1. The van der Waals surface area contributed by atoms with E-state index >= 15 is 0 Å². The van der Waals surface area contributed by atoms with Gasteiger partial charge in [0.2, 0.25) is 5.69 Å². The summed E-state index contributed by atoms with van der Waals surface area (Å²) in [7, 11) is 1.02. The lowest BCUT2D eigenvalue weighted by Crippen LogP contribution is -2.13. The van der Waals surface area contributed by atoms with E-state index in [2.05, 4.69) is 9.58 Å². The third-order valence-corrected chi connectivity index (χ3v) is 2.02. The van der Waals surface area contributed by atoms with Crippen molar-refractivity contribution in [2.75, 3.05) is 7.11 Å². The van der Waals surface area contributed by atoms with E-state index in [9.17, 15) is 19.1 Å². The fraction of sp³-hybridized carbons (Fsp3) is 0.0833. The molecule has 92 valence electrons. The molecule has 1 aromatic carbocycles. The van der Waals surface area contributed by atoms with E-state index in [4.69, 9.17) is 6.57 Å². The number of benzene rings is 1. The predicted molar refractivity (Wildman–Crippen MR) is 60.3 cm³/mol. The monoisotopic (exact) mass is 249 g/mol. The summed E-state index contributed by atoms with van der Waals surface area (Å²) in [4.78, 5) is 24.8. The summed E-state index contributed by atoms with van der Waals surface area (Å²) in [5.74, 6) is -3.61. The van der Waals surface area contributed by atoms with Crippen LogP contribution >= 0.6 is 0 Å². The standard InChI is InChI=1S/C12H8FNO4/c1-14-9-4-3-7(5-8(9)13)10(15)6-11(16)12(17)18-2/h3-6,15H,2H3/b10-6-. The topological polar surface area (TPSA) is 68.0 Å². The molecule has 0 atom stereocenters. The zero-order chi connectivity index (χ0) is 13.7. The Hall–Kier alpha value is -2.68. The lowest BCUT2D eigenvalue weighted by atomic mass is 10.1. The summed E-state index contributed by atoms with van der Waals surface area (Å²) in [6, 6.07) is 3.31. The molecule has 0 saturated carbocycles. The molecule has 1 N–H and O–H groups in total. The van der Waals surface area contributed by atoms with Crippen molar-refractivity contribution in [1.82, 2.24) is 0 Å². The second kappa shape index (κ2) is 5.59. The van der Waals surface area contributed by atoms with Crippen LogP contribution < -0.4 is 0 Å². The van der Waals surface area contributed by atoms with Crippen molar-refractivity contribution in [2.24, 2.45) is 0 Å². The predicted octanol–water partition coefficient (Wildman–Crippen LogP) is 2.02. The number of ether oxygens (including phenoxy) is 1. The largest absolute Gasteiger partial charge is 0.507 e. The first kappa shape index (κ1) is 13.4. The Morgan fingerprint density at radius 1 is 1.50 bits per heavy atom. The zero-order valence-electron chi connectivity index (χ0n) is 9.31. The van der Waals surface area contributed by atoms with E-state index in [1.54, 1.807) is 0 Å². The maximum atomic E-state index is 13.2. The second-order valence-electron chi connectivity index (χ2n) is 3.16. The molecule has 0 aliphatic rings. The molecule has 0 spiro atoms. The molecule has 0 radical (unpaired) electrons. The molecular formula is C12H8FNO4. The Balaban J connectivity index is 3.05. The molecule has 6 heteroatoms. The number of nitrogens with zero attached hydrogens (tertiary/aromatic N) is 1. The van der Waals surface area contributed by atoms with Gasteiger partial charge in [-0.1, -0.05) is 12.1 Å². The van der Waals surface area contributed by atoms with Gasteiger partial charge in [0.1, 0.15) is 11.6 Å². The van der Waals surface area contributed by atoms with Gasteiger partial charge < -0.3 is 9.84 Å². The lowest BCUT2D eigenvalue weighted by Gasteiger charge is -2.01. The van der Waals surface area contributed by atoms with Crippen LogP contribution in [0, 0.1) is 12.4 Å². The molecule has 1 aromatic rings. The van der Waals surface area contributed by atoms with Gasteiger partial charge >= 0.3 is 5.97 Å². The van der Waals surface area contributed by atoms with Crippen molar-refractivity contribution in [1.29, 1.82) is 0 Å². The molecule has 0 fully saturated rings. The maximum Gasteiger partial charge on any atom is 0.378 e. The number of hydrogen-bond donors (Lipinski definition) is 1. The number of esters is 1. The summed E-state index contributed by atoms with van der Waals surface area (Å²) < 4.78 is 17.4. The summed E-state index contributed by atoms with van der Waals surface area (Å²) in [5.41, 5.74) is -0.219. The van der Waals surface area contributed by atoms with Crippen molar-refractivity contribution in [3.8, 4) is 0 Å². The van der Waals surface area contributed by atoms with E-state index < -0.39 is 23.3 Å². The van der Waals surface area contributed by atoms with Gasteiger partial charge in [-0.05, 0) is 6.07 Å². The fourth-order valence-corrected chi connectivity index (χ4v) is 1.12. The van der Waals surface area contributed by atoms with Crippen molar-refractivity contribution >= 4 is 23.2 Å². The van der Waals surface area contributed by atoms with E-state index in [0.717, 1.165) is 19.2 Å². The van der Waals surface area contributed by atoms with Crippen LogP contribution in [-0.2, 0) is 14.3 Å². The van der Waals surface area contributed by atoms with Gasteiger partial charge in [0.25, 0.3) is 5.78 Å². The van der Waals surface area contributed by atoms with E-state index in [1.807, 2.05) is 0 Å². The molecule has 0 saturated heterocycles. The Bertz CT molecular complexity index is 572. The first-order valence-corrected chi connectivity index (χ1v) is 4.70. The summed E-state index contributed by atoms with van der Waals surface area (Å²) in [5, 5.41) is 9.51. The molecule has 0 heterocycles. The van der Waals surface area contributed by atoms with Crippen LogP contribution in [0.3, 0.4) is 0 Å². The molecule has 18 heavy (non-hydrogen) atoms. The lowest BCUT2D eigenvalue weighted by molar-refractivity contribution is -0.149. The molecule has 0 aromatic heterocycles. The van der Waals surface area contributed by atoms with Gasteiger partial charge in [-0.2, -0.15) is 0 Å². The van der Waals surface area contributed by atoms with Crippen LogP contribution in [0.1, 0.15) is 5.56 Å². The molecule has 0 amide bonds. The molecule has 0 aliphatic heterocycles. The van der Waals surface area contributed by atoms with Crippen molar-refractivity contribution in [2.45, 2.75) is 0 Å². The van der Waals surface area contributed by atoms with Gasteiger partial charge in [0.15, 0.2) is 0 Å². The first-order valence-electron chi connectivity index (χ1n) is 4.70. The number of methoxy groups -OCH3 is 1. The molecule has 0 aliphatic carbocycles. The summed E-state index contributed by atoms with van der Waals surface area (Å²) in [6.07, 6.45) is 0.623. The number of ketones is 1. The minimum Gasteiger partial charge on any atom is -0.507 e. The highest BCUT2D eigenvalue weighted by molar-refractivity contribution is 6.39. The van der Waals surface area contributed by atoms with Crippen LogP contribution in [0.4, 0.5) is 10.1 Å². The number of carbonyl (C=O) groups is 2. The normalized spacial score (nSPS) is 10.6.